The fourth-order valence-electron chi connectivity index (χ4n) is 9.25. The summed E-state index contributed by atoms with van der Waals surface area (Å²) < 4.78 is 12.0. The topological polar surface area (TPSA) is 198 Å². The average molecular weight is 800 g/mol. The van der Waals surface area contributed by atoms with Crippen LogP contribution >= 0.6 is 0 Å². The number of nitrogens with zero attached hydrogens (tertiary/aromatic N) is 3. The number of carbonyl (C=O) groups is 1. The second kappa shape index (κ2) is 17.2. The molecule has 0 aromatic heterocycles. The first kappa shape index (κ1) is 41.9. The predicted octanol–water partition coefficient (Wildman–Crippen LogP) is 5.34. The van der Waals surface area contributed by atoms with Gasteiger partial charge in [0.1, 0.15) is 30.2 Å². The van der Waals surface area contributed by atoms with Crippen LogP contribution in [0, 0.1) is 11.8 Å². The molecule has 2 fully saturated rings. The summed E-state index contributed by atoms with van der Waals surface area (Å²) in [6.45, 7) is 14.8. The van der Waals surface area contributed by atoms with E-state index in [-0.39, 0.29) is 36.5 Å². The maximum atomic E-state index is 13.5. The molecule has 7 N–H and O–H groups in total. The Morgan fingerprint density at radius 3 is 2.47 bits per heavy atom. The van der Waals surface area contributed by atoms with Crippen LogP contribution in [-0.4, -0.2) is 98.5 Å². The molecule has 1 unspecified atom stereocenters. The Balaban J connectivity index is 1.27. The molecule has 0 radical (unpaired) electrons. The number of aliphatic hydroxyl groups is 5. The van der Waals surface area contributed by atoms with E-state index >= 15 is 0 Å². The van der Waals surface area contributed by atoms with E-state index in [4.69, 9.17) is 24.5 Å². The van der Waals surface area contributed by atoms with E-state index in [2.05, 4.69) is 64.3 Å². The molecule has 6 heterocycles. The van der Waals surface area contributed by atoms with Gasteiger partial charge in [0.25, 0.3) is 0 Å². The summed E-state index contributed by atoms with van der Waals surface area (Å²) in [6.07, 6.45) is 4.79. The molecule has 2 saturated heterocycles. The van der Waals surface area contributed by atoms with Gasteiger partial charge in [-0.15, -0.1) is 0 Å². The number of hydrogen-bond donors (Lipinski definition) is 7. The maximum Gasteiger partial charge on any atom is 0.222 e. The van der Waals surface area contributed by atoms with Crippen molar-refractivity contribution in [1.82, 2.24) is 10.6 Å². The number of nitrogens with one attached hydrogen (secondary N) is 2. The lowest BCUT2D eigenvalue weighted by Gasteiger charge is -2.40. The number of fused-ring (bicyclic) bond motifs is 5. The fraction of sp³-hybridized carbons (Fsp3) is 0.556. The number of hydrogen-bond acceptors (Lipinski definition) is 12. The quantitative estimate of drug-likeness (QED) is 0.120. The summed E-state index contributed by atoms with van der Waals surface area (Å²) in [7, 11) is 0. The van der Waals surface area contributed by atoms with E-state index in [1.165, 1.54) is 6.42 Å². The smallest absolute Gasteiger partial charge is 0.222 e. The standard InChI is InChI=1S/C45H59N5O8/c1-8-10-11-12-15-57-25(7)38-23(5)31-17-30-22(4)27(13-14-37(53)50-45-44(56)43(55)42(54)36(20-51)58-45)40(48-30)28-16-35(52)39-24(6)32(49-41(28)39)18-33-26(9-2)21(3)29(46-33)19-34(38)47-31/h17-19,22,25,27,36,42-45,48,51-52,54-56H,8-16,20H2,1-7H3,(H,50,53)/t22-,25?,27-,36+,42-,43-,44+,45+/m0/s1/i15+2. The molecule has 0 spiro atoms. The highest BCUT2D eigenvalue weighted by atomic mass is 16.7. The van der Waals surface area contributed by atoms with Crippen molar-refractivity contribution in [3.63, 3.8) is 0 Å². The third-order valence-electron chi connectivity index (χ3n) is 12.8. The molecular weight excluding hydrogens is 741 g/mol. The van der Waals surface area contributed by atoms with Crippen LogP contribution in [0.15, 0.2) is 106 Å². The van der Waals surface area contributed by atoms with Crippen LogP contribution in [0.5, 0.6) is 0 Å². The number of rotatable bonds is 13. The van der Waals surface area contributed by atoms with Crippen molar-refractivity contribution in [1.29, 1.82) is 0 Å². The van der Waals surface area contributed by atoms with E-state index in [0.717, 1.165) is 105 Å². The second-order valence-electron chi connectivity index (χ2n) is 16.5. The zero-order chi connectivity index (χ0) is 41.6. The lowest BCUT2D eigenvalue weighted by Crippen LogP contribution is -2.63. The van der Waals surface area contributed by atoms with Crippen LogP contribution in [0.25, 0.3) is 0 Å². The molecule has 0 aromatic carbocycles. The van der Waals surface area contributed by atoms with Crippen molar-refractivity contribution in [3.8, 4) is 0 Å². The molecule has 312 valence electrons. The van der Waals surface area contributed by atoms with Crippen molar-refractivity contribution >= 4 is 23.0 Å². The minimum atomic E-state index is -1.60. The second-order valence-corrected chi connectivity index (χ2v) is 16.5. The van der Waals surface area contributed by atoms with Crippen LogP contribution in [0.3, 0.4) is 0 Å². The lowest BCUT2D eigenvalue weighted by atomic mass is 9.86. The van der Waals surface area contributed by atoms with Crippen molar-refractivity contribution < 1.29 is 39.8 Å². The number of ether oxygens (including phenoxy) is 2. The van der Waals surface area contributed by atoms with Crippen LogP contribution in [0.4, 0.5) is 0 Å². The Hall–Kier alpha value is -4.24. The molecular formula is C45H59N5O8. The normalized spacial score (nSPS) is 29.8. The molecule has 13 nitrogen and oxygen atoms in total. The summed E-state index contributed by atoms with van der Waals surface area (Å²) in [5, 5.41) is 58.5. The number of unbranched alkanes of at least 4 members (excludes halogenated alkanes) is 3. The van der Waals surface area contributed by atoms with E-state index in [0.29, 0.717) is 18.7 Å². The molecule has 8 bridgehead atoms. The number of aliphatic imine (C=N–C) groups is 3. The summed E-state index contributed by atoms with van der Waals surface area (Å²) in [5.41, 5.74) is 13.3. The first-order valence-electron chi connectivity index (χ1n) is 21.0. The molecule has 0 aromatic rings. The van der Waals surface area contributed by atoms with E-state index in [1.54, 1.807) is 0 Å². The number of amides is 1. The Morgan fingerprint density at radius 2 is 1.74 bits per heavy atom. The van der Waals surface area contributed by atoms with Gasteiger partial charge < -0.3 is 45.6 Å². The highest BCUT2D eigenvalue weighted by molar-refractivity contribution is 6.21. The van der Waals surface area contributed by atoms with Gasteiger partial charge >= 0.3 is 0 Å². The molecule has 8 atom stereocenters. The maximum absolute atomic E-state index is 13.5. The Labute approximate surface area is 340 Å². The highest BCUT2D eigenvalue weighted by Gasteiger charge is 2.45. The van der Waals surface area contributed by atoms with E-state index < -0.39 is 43.2 Å². The van der Waals surface area contributed by atoms with Crippen LogP contribution in [0.1, 0.15) is 99.8 Å². The third-order valence-corrected chi connectivity index (χ3v) is 12.8. The van der Waals surface area contributed by atoms with Gasteiger partial charge in [-0.1, -0.05) is 40.0 Å². The zero-order valence-electron chi connectivity index (χ0n) is 34.7. The Morgan fingerprint density at radius 1 is 1.00 bits per heavy atom. The largest absolute Gasteiger partial charge is 0.511 e. The van der Waals surface area contributed by atoms with Crippen molar-refractivity contribution in [2.75, 3.05) is 13.2 Å². The van der Waals surface area contributed by atoms with Gasteiger partial charge in [0.2, 0.25) is 5.91 Å². The molecule has 6 aliphatic heterocycles. The van der Waals surface area contributed by atoms with E-state index in [1.807, 2.05) is 13.0 Å². The fourth-order valence-corrected chi connectivity index (χ4v) is 9.25. The molecule has 58 heavy (non-hydrogen) atoms. The average Bonchev–Trinajstić information content (AvgIpc) is 3.96. The van der Waals surface area contributed by atoms with Crippen LogP contribution in [0.2, 0.25) is 0 Å². The van der Waals surface area contributed by atoms with Gasteiger partial charge in [0.05, 0.1) is 46.9 Å². The lowest BCUT2D eigenvalue weighted by molar-refractivity contribution is -0.236. The number of allylic oxidation sites excluding steroid dienone is 11. The van der Waals surface area contributed by atoms with Gasteiger partial charge in [-0.3, -0.25) is 4.79 Å². The highest BCUT2D eigenvalue weighted by Crippen LogP contribution is 2.46. The van der Waals surface area contributed by atoms with Gasteiger partial charge in [-0.05, 0) is 87.5 Å². The molecule has 13 heteroatoms. The minimum Gasteiger partial charge on any atom is -0.511 e. The summed E-state index contributed by atoms with van der Waals surface area (Å²) >= 11 is 0. The number of carbonyl (C=O) groups excluding carboxylic acids is 1. The molecule has 7 aliphatic rings. The number of aliphatic hydroxyl groups excluding tert-OH is 5. The molecule has 1 amide bonds. The van der Waals surface area contributed by atoms with Gasteiger partial charge in [0, 0.05) is 59.4 Å². The summed E-state index contributed by atoms with van der Waals surface area (Å²) in [6, 6.07) is 0. The SMILES string of the molecule is CCCCC[14CH2]OC(C)C1=C(C)C2=NC1=CC1=NC(=CC3=C(C)C4=C(O)CC(=C5NC(=C2)[C@@H](C)[C@@H]5CCC(=O)N[C@@H]2O[C@H](CO)[C@H](O)[C@H](O)[C@H]2O)C4=N3)C(CC)=C1C. The van der Waals surface area contributed by atoms with Gasteiger partial charge in [0.15, 0.2) is 6.23 Å². The third kappa shape index (κ3) is 7.68. The molecule has 7 rings (SSSR count). The Bertz CT molecular complexity index is 2090. The monoisotopic (exact) mass is 799 g/mol. The van der Waals surface area contributed by atoms with Crippen LogP contribution in [-0.2, 0) is 14.3 Å². The summed E-state index contributed by atoms with van der Waals surface area (Å²) in [4.78, 5) is 29.0. The van der Waals surface area contributed by atoms with Gasteiger partial charge in [-0.25, -0.2) is 15.0 Å². The zero-order valence-corrected chi connectivity index (χ0v) is 34.7. The first-order valence-corrected chi connectivity index (χ1v) is 21.0. The summed E-state index contributed by atoms with van der Waals surface area (Å²) in [5.74, 6) is -0.473. The first-order chi connectivity index (χ1) is 27.8. The Kier molecular flexibility index (Phi) is 12.4. The van der Waals surface area contributed by atoms with Gasteiger partial charge in [-0.2, -0.15) is 0 Å². The van der Waals surface area contributed by atoms with E-state index in [9.17, 15) is 30.3 Å². The molecule has 0 saturated carbocycles. The minimum absolute atomic E-state index is 0.0404. The van der Waals surface area contributed by atoms with Crippen molar-refractivity contribution in [2.45, 2.75) is 137 Å². The van der Waals surface area contributed by atoms with Crippen molar-refractivity contribution in [2.24, 2.45) is 26.8 Å². The predicted molar refractivity (Wildman–Crippen MR) is 223 cm³/mol. The van der Waals surface area contributed by atoms with Crippen LogP contribution < -0.4 is 10.6 Å². The van der Waals surface area contributed by atoms with Crippen molar-refractivity contribution in [3.05, 3.63) is 91.5 Å². The molecule has 1 aliphatic carbocycles.